The van der Waals surface area contributed by atoms with Crippen LogP contribution in [0.15, 0.2) is 0 Å². The number of carboxylic acids is 2. The van der Waals surface area contributed by atoms with Crippen LogP contribution in [0.2, 0.25) is 0 Å². The first kappa shape index (κ1) is 14.0. The normalized spacial score (nSPS) is 26.8. The number of carbonyl (C=O) groups is 2. The fourth-order valence-corrected chi connectivity index (χ4v) is 3.13. The van der Waals surface area contributed by atoms with E-state index in [-0.39, 0.29) is 12.3 Å². The first-order valence-corrected chi connectivity index (χ1v) is 6.38. The summed E-state index contributed by atoms with van der Waals surface area (Å²) in [5, 5.41) is 18.0. The topological polar surface area (TPSA) is 74.6 Å². The van der Waals surface area contributed by atoms with Gasteiger partial charge < -0.3 is 10.2 Å². The molecule has 2 N–H and O–H groups in total. The monoisotopic (exact) mass is 242 g/mol. The zero-order valence-electron chi connectivity index (χ0n) is 10.6. The van der Waals surface area contributed by atoms with E-state index in [1.165, 1.54) is 0 Å². The van der Waals surface area contributed by atoms with Crippen molar-refractivity contribution in [3.63, 3.8) is 0 Å². The zero-order chi connectivity index (χ0) is 13.0. The van der Waals surface area contributed by atoms with E-state index in [1.807, 2.05) is 0 Å². The van der Waals surface area contributed by atoms with Gasteiger partial charge in [-0.05, 0) is 30.6 Å². The van der Waals surface area contributed by atoms with Crippen molar-refractivity contribution in [3.8, 4) is 0 Å². The molecule has 1 aliphatic carbocycles. The fraction of sp³-hybridized carbons (Fsp3) is 0.846. The Balaban J connectivity index is 2.82. The molecule has 0 aromatic rings. The number of aliphatic carboxylic acids is 2. The second kappa shape index (κ2) is 6.03. The Kier molecular flexibility index (Phi) is 4.97. The van der Waals surface area contributed by atoms with Crippen LogP contribution in [-0.2, 0) is 9.59 Å². The second-order valence-corrected chi connectivity index (χ2v) is 5.40. The highest BCUT2D eigenvalue weighted by molar-refractivity contribution is 5.78. The third kappa shape index (κ3) is 3.72. The highest BCUT2D eigenvalue weighted by atomic mass is 16.4. The van der Waals surface area contributed by atoms with Gasteiger partial charge in [0.05, 0.1) is 12.3 Å². The van der Waals surface area contributed by atoms with Crippen molar-refractivity contribution < 1.29 is 19.8 Å². The van der Waals surface area contributed by atoms with Gasteiger partial charge in [0.15, 0.2) is 0 Å². The number of hydrogen-bond acceptors (Lipinski definition) is 2. The second-order valence-electron chi connectivity index (χ2n) is 5.40. The summed E-state index contributed by atoms with van der Waals surface area (Å²) in [6, 6.07) is 0. The van der Waals surface area contributed by atoms with Gasteiger partial charge in [-0.15, -0.1) is 0 Å². The fourth-order valence-electron chi connectivity index (χ4n) is 3.13. The molecule has 0 radical (unpaired) electrons. The standard InChI is InChI=1S/C13H22O4/c1-8(2)9-5-3-4-6-10(9)11(13(16)17)7-12(14)15/h8-11H,3-7H2,1-2H3,(H,14,15)(H,16,17). The predicted molar refractivity (Wildman–Crippen MR) is 63.7 cm³/mol. The molecule has 0 amide bonds. The van der Waals surface area contributed by atoms with Gasteiger partial charge in [0.25, 0.3) is 0 Å². The van der Waals surface area contributed by atoms with E-state index in [0.717, 1.165) is 25.7 Å². The van der Waals surface area contributed by atoms with E-state index in [2.05, 4.69) is 13.8 Å². The van der Waals surface area contributed by atoms with Crippen molar-refractivity contribution in [3.05, 3.63) is 0 Å². The highest BCUT2D eigenvalue weighted by Gasteiger charge is 2.38. The molecule has 1 saturated carbocycles. The van der Waals surface area contributed by atoms with Gasteiger partial charge >= 0.3 is 11.9 Å². The molecular weight excluding hydrogens is 220 g/mol. The lowest BCUT2D eigenvalue weighted by molar-refractivity contribution is -0.152. The van der Waals surface area contributed by atoms with Crippen molar-refractivity contribution >= 4 is 11.9 Å². The molecule has 4 nitrogen and oxygen atoms in total. The summed E-state index contributed by atoms with van der Waals surface area (Å²) in [6.45, 7) is 4.20. The van der Waals surface area contributed by atoms with E-state index in [0.29, 0.717) is 11.8 Å². The smallest absolute Gasteiger partial charge is 0.307 e. The highest BCUT2D eigenvalue weighted by Crippen LogP contribution is 2.40. The largest absolute Gasteiger partial charge is 0.481 e. The van der Waals surface area contributed by atoms with Crippen LogP contribution in [-0.4, -0.2) is 22.2 Å². The third-order valence-electron chi connectivity index (χ3n) is 3.96. The molecule has 3 atom stereocenters. The van der Waals surface area contributed by atoms with Crippen LogP contribution < -0.4 is 0 Å². The number of hydrogen-bond donors (Lipinski definition) is 2. The Morgan fingerprint density at radius 1 is 1.12 bits per heavy atom. The molecule has 1 fully saturated rings. The Hall–Kier alpha value is -1.06. The molecule has 4 heteroatoms. The van der Waals surface area contributed by atoms with Crippen molar-refractivity contribution in [1.82, 2.24) is 0 Å². The molecule has 0 spiro atoms. The van der Waals surface area contributed by atoms with Crippen molar-refractivity contribution in [1.29, 1.82) is 0 Å². The van der Waals surface area contributed by atoms with Crippen molar-refractivity contribution in [2.24, 2.45) is 23.7 Å². The molecule has 3 unspecified atom stereocenters. The minimum absolute atomic E-state index is 0.0253. The Morgan fingerprint density at radius 3 is 2.06 bits per heavy atom. The summed E-state index contributed by atoms with van der Waals surface area (Å²) >= 11 is 0. The maximum atomic E-state index is 11.2. The molecule has 17 heavy (non-hydrogen) atoms. The van der Waals surface area contributed by atoms with Crippen LogP contribution in [0.5, 0.6) is 0 Å². The van der Waals surface area contributed by atoms with Crippen LogP contribution in [0.4, 0.5) is 0 Å². The minimum Gasteiger partial charge on any atom is -0.481 e. The van der Waals surface area contributed by atoms with Crippen molar-refractivity contribution in [2.45, 2.75) is 46.0 Å². The molecule has 1 rings (SSSR count). The van der Waals surface area contributed by atoms with Gasteiger partial charge in [-0.3, -0.25) is 9.59 Å². The van der Waals surface area contributed by atoms with Gasteiger partial charge in [-0.2, -0.15) is 0 Å². The molecule has 0 bridgehead atoms. The SMILES string of the molecule is CC(C)C1CCCCC1C(CC(=O)O)C(=O)O. The van der Waals surface area contributed by atoms with E-state index in [9.17, 15) is 14.7 Å². The number of carboxylic acid groups (broad SMARTS) is 2. The molecule has 0 aliphatic heterocycles. The summed E-state index contributed by atoms with van der Waals surface area (Å²) in [5.41, 5.74) is 0. The first-order valence-electron chi connectivity index (χ1n) is 6.38. The van der Waals surface area contributed by atoms with Gasteiger partial charge in [0, 0.05) is 0 Å². The maximum absolute atomic E-state index is 11.2. The van der Waals surface area contributed by atoms with Gasteiger partial charge in [-0.1, -0.05) is 26.7 Å². The van der Waals surface area contributed by atoms with Crippen LogP contribution in [0.1, 0.15) is 46.0 Å². The van der Waals surface area contributed by atoms with E-state index >= 15 is 0 Å². The predicted octanol–water partition coefficient (Wildman–Crippen LogP) is 2.62. The lowest BCUT2D eigenvalue weighted by Gasteiger charge is -2.37. The molecule has 98 valence electrons. The zero-order valence-corrected chi connectivity index (χ0v) is 10.6. The Bertz CT molecular complexity index is 285. The van der Waals surface area contributed by atoms with E-state index in [4.69, 9.17) is 5.11 Å². The Labute approximate surface area is 102 Å². The lowest BCUT2D eigenvalue weighted by Crippen LogP contribution is -2.35. The summed E-state index contributed by atoms with van der Waals surface area (Å²) in [7, 11) is 0. The molecule has 1 aliphatic rings. The summed E-state index contributed by atoms with van der Waals surface area (Å²) in [4.78, 5) is 22.0. The van der Waals surface area contributed by atoms with Crippen molar-refractivity contribution in [2.75, 3.05) is 0 Å². The van der Waals surface area contributed by atoms with Crippen LogP contribution in [0, 0.1) is 23.7 Å². The summed E-state index contributed by atoms with van der Waals surface area (Å²) in [5.74, 6) is -1.88. The quantitative estimate of drug-likeness (QED) is 0.777. The van der Waals surface area contributed by atoms with Crippen LogP contribution in [0.25, 0.3) is 0 Å². The van der Waals surface area contributed by atoms with Gasteiger partial charge in [-0.25, -0.2) is 0 Å². The maximum Gasteiger partial charge on any atom is 0.307 e. The molecule has 0 saturated heterocycles. The van der Waals surface area contributed by atoms with E-state index < -0.39 is 17.9 Å². The van der Waals surface area contributed by atoms with Crippen LogP contribution >= 0.6 is 0 Å². The average molecular weight is 242 g/mol. The average Bonchev–Trinajstić information content (AvgIpc) is 2.25. The van der Waals surface area contributed by atoms with Crippen LogP contribution in [0.3, 0.4) is 0 Å². The third-order valence-corrected chi connectivity index (χ3v) is 3.96. The van der Waals surface area contributed by atoms with Gasteiger partial charge in [0.2, 0.25) is 0 Å². The summed E-state index contributed by atoms with van der Waals surface area (Å²) < 4.78 is 0. The molecule has 0 aromatic heterocycles. The minimum atomic E-state index is -1.01. The number of rotatable bonds is 5. The lowest BCUT2D eigenvalue weighted by atomic mass is 9.67. The summed E-state index contributed by atoms with van der Waals surface area (Å²) in [6.07, 6.45) is 3.80. The first-order chi connectivity index (χ1) is 7.93. The molecular formula is C13H22O4. The Morgan fingerprint density at radius 2 is 1.65 bits per heavy atom. The van der Waals surface area contributed by atoms with Gasteiger partial charge in [0.1, 0.15) is 0 Å². The molecule has 0 heterocycles. The molecule has 0 aromatic carbocycles. The van der Waals surface area contributed by atoms with E-state index in [1.54, 1.807) is 0 Å².